The van der Waals surface area contributed by atoms with E-state index in [-0.39, 0.29) is 40.5 Å². The Morgan fingerprint density at radius 3 is 2.79 bits per heavy atom. The monoisotopic (exact) mass is 403 g/mol. The number of carbonyl (C=O) groups excluding carboxylic acids is 2. The number of amides is 1. The predicted molar refractivity (Wildman–Crippen MR) is 103 cm³/mol. The van der Waals surface area contributed by atoms with Crippen molar-refractivity contribution in [2.24, 2.45) is 0 Å². The molecule has 2 N–H and O–H groups in total. The van der Waals surface area contributed by atoms with Gasteiger partial charge in [-0.1, -0.05) is 18.2 Å². The van der Waals surface area contributed by atoms with Crippen LogP contribution in [-0.4, -0.2) is 35.5 Å². The van der Waals surface area contributed by atoms with Crippen LogP contribution in [0.15, 0.2) is 29.1 Å². The second-order valence-corrected chi connectivity index (χ2v) is 7.10. The Morgan fingerprint density at radius 2 is 2.07 bits per heavy atom. The van der Waals surface area contributed by atoms with Crippen LogP contribution in [0.5, 0.6) is 0 Å². The van der Waals surface area contributed by atoms with Crippen LogP contribution in [0, 0.1) is 12.7 Å². The summed E-state index contributed by atoms with van der Waals surface area (Å²) in [4.78, 5) is 44.2. The SMILES string of the molecule is COC(=O)c1sc2nc(C)[nH]c(=O)c2c1CC(=O)NCCc1ccccc1F. The average molecular weight is 403 g/mol. The summed E-state index contributed by atoms with van der Waals surface area (Å²) in [5, 5.41) is 2.90. The van der Waals surface area contributed by atoms with Gasteiger partial charge in [-0.05, 0) is 25.0 Å². The van der Waals surface area contributed by atoms with Crippen LogP contribution in [-0.2, 0) is 22.4 Å². The molecule has 0 aliphatic heterocycles. The van der Waals surface area contributed by atoms with Crippen molar-refractivity contribution in [3.05, 3.63) is 62.3 Å². The maximum Gasteiger partial charge on any atom is 0.348 e. The second kappa shape index (κ2) is 8.30. The van der Waals surface area contributed by atoms with Crippen molar-refractivity contribution in [1.29, 1.82) is 0 Å². The molecule has 2 heterocycles. The Bertz CT molecular complexity index is 1110. The van der Waals surface area contributed by atoms with Crippen molar-refractivity contribution in [3.63, 3.8) is 0 Å². The van der Waals surface area contributed by atoms with Gasteiger partial charge in [0, 0.05) is 12.1 Å². The number of halogens is 1. The highest BCUT2D eigenvalue weighted by atomic mass is 32.1. The summed E-state index contributed by atoms with van der Waals surface area (Å²) in [5.41, 5.74) is 0.363. The minimum Gasteiger partial charge on any atom is -0.465 e. The molecular formula is C19H18FN3O4S. The smallest absolute Gasteiger partial charge is 0.348 e. The zero-order valence-corrected chi connectivity index (χ0v) is 16.1. The number of fused-ring (bicyclic) bond motifs is 1. The Morgan fingerprint density at radius 1 is 1.32 bits per heavy atom. The first-order chi connectivity index (χ1) is 13.4. The molecule has 0 radical (unpaired) electrons. The van der Waals surface area contributed by atoms with E-state index in [0.717, 1.165) is 11.3 Å². The molecule has 0 aliphatic rings. The number of H-pyrrole nitrogens is 1. The van der Waals surface area contributed by atoms with Gasteiger partial charge in [0.1, 0.15) is 21.3 Å². The van der Waals surface area contributed by atoms with Crippen molar-refractivity contribution in [2.75, 3.05) is 13.7 Å². The fourth-order valence-electron chi connectivity index (χ4n) is 2.86. The molecule has 0 saturated carbocycles. The van der Waals surface area contributed by atoms with Crippen molar-refractivity contribution in [2.45, 2.75) is 19.8 Å². The Hall–Kier alpha value is -3.07. The van der Waals surface area contributed by atoms with E-state index < -0.39 is 11.5 Å². The number of thiophene rings is 1. The summed E-state index contributed by atoms with van der Waals surface area (Å²) in [7, 11) is 1.23. The molecule has 0 spiro atoms. The standard InChI is InChI=1S/C19H18FN3O4S/c1-10-22-17(25)15-12(16(19(26)27-2)28-18(15)23-10)9-14(24)21-8-7-11-5-3-4-6-13(11)20/h3-6H,7-9H2,1-2H3,(H,21,24)(H,22,23,25). The Balaban J connectivity index is 1.80. The first-order valence-electron chi connectivity index (χ1n) is 8.51. The van der Waals surface area contributed by atoms with Gasteiger partial charge in [0.2, 0.25) is 5.91 Å². The molecule has 1 amide bonds. The van der Waals surface area contributed by atoms with E-state index in [0.29, 0.717) is 22.6 Å². The molecule has 0 saturated heterocycles. The van der Waals surface area contributed by atoms with Gasteiger partial charge in [-0.3, -0.25) is 9.59 Å². The van der Waals surface area contributed by atoms with Crippen LogP contribution in [0.1, 0.15) is 26.6 Å². The lowest BCUT2D eigenvalue weighted by atomic mass is 10.1. The first-order valence-corrected chi connectivity index (χ1v) is 9.33. The maximum atomic E-state index is 13.6. The van der Waals surface area contributed by atoms with E-state index in [1.54, 1.807) is 25.1 Å². The molecule has 3 rings (SSSR count). The zero-order valence-electron chi connectivity index (χ0n) is 15.3. The van der Waals surface area contributed by atoms with E-state index in [1.165, 1.54) is 13.2 Å². The van der Waals surface area contributed by atoms with Gasteiger partial charge in [-0.25, -0.2) is 14.2 Å². The molecule has 2 aromatic heterocycles. The summed E-state index contributed by atoms with van der Waals surface area (Å²) >= 11 is 1.01. The van der Waals surface area contributed by atoms with Gasteiger partial charge in [0.15, 0.2) is 0 Å². The third kappa shape index (κ3) is 4.09. The molecule has 0 aliphatic carbocycles. The lowest BCUT2D eigenvalue weighted by molar-refractivity contribution is -0.120. The topological polar surface area (TPSA) is 101 Å². The van der Waals surface area contributed by atoms with Gasteiger partial charge in [0.25, 0.3) is 5.56 Å². The molecule has 0 fully saturated rings. The normalized spacial score (nSPS) is 10.8. The molecule has 3 aromatic rings. The number of aromatic nitrogens is 2. The summed E-state index contributed by atoms with van der Waals surface area (Å²) in [6, 6.07) is 6.33. The summed E-state index contributed by atoms with van der Waals surface area (Å²) < 4.78 is 18.4. The molecule has 0 bridgehead atoms. The molecule has 9 heteroatoms. The van der Waals surface area contributed by atoms with Crippen LogP contribution in [0.25, 0.3) is 10.2 Å². The zero-order chi connectivity index (χ0) is 20.3. The van der Waals surface area contributed by atoms with Crippen LogP contribution in [0.3, 0.4) is 0 Å². The highest BCUT2D eigenvalue weighted by Gasteiger charge is 2.24. The number of benzene rings is 1. The fourth-order valence-corrected chi connectivity index (χ4v) is 4.02. The highest BCUT2D eigenvalue weighted by Crippen LogP contribution is 2.28. The van der Waals surface area contributed by atoms with Crippen molar-refractivity contribution >= 4 is 33.4 Å². The second-order valence-electron chi connectivity index (χ2n) is 6.10. The molecule has 0 unspecified atom stereocenters. The van der Waals surface area contributed by atoms with E-state index in [4.69, 9.17) is 4.74 Å². The first kappa shape index (κ1) is 19.7. The lowest BCUT2D eigenvalue weighted by Gasteiger charge is -2.07. The number of aromatic amines is 1. The van der Waals surface area contributed by atoms with Gasteiger partial charge in [0.05, 0.1) is 18.9 Å². The molecule has 146 valence electrons. The number of hydrogen-bond donors (Lipinski definition) is 2. The number of nitrogens with zero attached hydrogens (tertiary/aromatic N) is 1. The van der Waals surface area contributed by atoms with Crippen LogP contribution < -0.4 is 10.9 Å². The van der Waals surface area contributed by atoms with Crippen LogP contribution in [0.2, 0.25) is 0 Å². The number of rotatable bonds is 6. The minimum atomic E-state index is -0.630. The molecule has 1 aromatic carbocycles. The number of nitrogens with one attached hydrogen (secondary N) is 2. The molecule has 28 heavy (non-hydrogen) atoms. The minimum absolute atomic E-state index is 0.172. The highest BCUT2D eigenvalue weighted by molar-refractivity contribution is 7.20. The average Bonchev–Trinajstić information content (AvgIpc) is 3.01. The van der Waals surface area contributed by atoms with E-state index in [2.05, 4.69) is 15.3 Å². The Kier molecular flexibility index (Phi) is 5.84. The van der Waals surface area contributed by atoms with Crippen LogP contribution >= 0.6 is 11.3 Å². The number of ether oxygens (including phenoxy) is 1. The summed E-state index contributed by atoms with van der Waals surface area (Å²) in [6.45, 7) is 1.86. The summed E-state index contributed by atoms with van der Waals surface area (Å²) in [5.74, 6) is -0.937. The maximum absolute atomic E-state index is 13.6. The van der Waals surface area contributed by atoms with E-state index in [1.807, 2.05) is 0 Å². The lowest BCUT2D eigenvalue weighted by Crippen LogP contribution is -2.28. The van der Waals surface area contributed by atoms with Crippen molar-refractivity contribution < 1.29 is 18.7 Å². The predicted octanol–water partition coefficient (Wildman–Crippen LogP) is 2.12. The third-order valence-electron chi connectivity index (χ3n) is 4.16. The van der Waals surface area contributed by atoms with Crippen LogP contribution in [0.4, 0.5) is 4.39 Å². The summed E-state index contributed by atoms with van der Waals surface area (Å²) in [6.07, 6.45) is 0.142. The van der Waals surface area contributed by atoms with Crippen molar-refractivity contribution in [3.8, 4) is 0 Å². The van der Waals surface area contributed by atoms with Gasteiger partial charge < -0.3 is 15.0 Å². The van der Waals surface area contributed by atoms with Crippen molar-refractivity contribution in [1.82, 2.24) is 15.3 Å². The van der Waals surface area contributed by atoms with Gasteiger partial charge in [-0.2, -0.15) is 0 Å². The molecule has 7 nitrogen and oxygen atoms in total. The van der Waals surface area contributed by atoms with Gasteiger partial charge >= 0.3 is 5.97 Å². The quantitative estimate of drug-likeness (QED) is 0.614. The fraction of sp³-hybridized carbons (Fsp3) is 0.263. The number of esters is 1. The molecule has 0 atom stereocenters. The number of carbonyl (C=O) groups is 2. The number of aryl methyl sites for hydroxylation is 1. The van der Waals surface area contributed by atoms with Gasteiger partial charge in [-0.15, -0.1) is 11.3 Å². The molecular weight excluding hydrogens is 385 g/mol. The Labute approximate surface area is 163 Å². The number of hydrogen-bond acceptors (Lipinski definition) is 6. The number of methoxy groups -OCH3 is 1. The van der Waals surface area contributed by atoms with E-state index >= 15 is 0 Å². The van der Waals surface area contributed by atoms with E-state index in [9.17, 15) is 18.8 Å². The largest absolute Gasteiger partial charge is 0.465 e. The third-order valence-corrected chi connectivity index (χ3v) is 5.27.